The highest BCUT2D eigenvalue weighted by atomic mass is 19.1. The van der Waals surface area contributed by atoms with Gasteiger partial charge >= 0.3 is 0 Å². The fourth-order valence-corrected chi connectivity index (χ4v) is 2.05. The molecular formula is C18H20FN3O2. The van der Waals surface area contributed by atoms with Crippen molar-refractivity contribution in [2.75, 3.05) is 0 Å². The number of hydrogen-bond donors (Lipinski definition) is 2. The highest BCUT2D eigenvalue weighted by Gasteiger charge is 2.35. The van der Waals surface area contributed by atoms with Crippen LogP contribution in [0.5, 0.6) is 0 Å². The van der Waals surface area contributed by atoms with Crippen LogP contribution in [-0.2, 0) is 22.7 Å². The Kier molecular flexibility index (Phi) is 5.63. The van der Waals surface area contributed by atoms with Crippen LogP contribution in [-0.4, -0.2) is 16.8 Å². The normalized spacial score (nSPS) is 11.0. The summed E-state index contributed by atoms with van der Waals surface area (Å²) in [4.78, 5) is 28.5. The van der Waals surface area contributed by atoms with Crippen LogP contribution in [0.4, 0.5) is 4.39 Å². The van der Waals surface area contributed by atoms with Crippen LogP contribution >= 0.6 is 0 Å². The monoisotopic (exact) mass is 329 g/mol. The number of pyridine rings is 1. The van der Waals surface area contributed by atoms with Crippen molar-refractivity contribution in [2.45, 2.75) is 26.9 Å². The van der Waals surface area contributed by atoms with Crippen molar-refractivity contribution in [3.8, 4) is 0 Å². The Balaban J connectivity index is 1.91. The zero-order valence-electron chi connectivity index (χ0n) is 13.7. The van der Waals surface area contributed by atoms with E-state index in [2.05, 4.69) is 15.6 Å². The molecule has 0 aliphatic carbocycles. The molecule has 6 heteroatoms. The number of amides is 2. The van der Waals surface area contributed by atoms with Crippen molar-refractivity contribution in [3.63, 3.8) is 0 Å². The number of nitrogens with zero attached hydrogens (tertiary/aromatic N) is 1. The first-order chi connectivity index (χ1) is 11.4. The molecule has 0 saturated carbocycles. The van der Waals surface area contributed by atoms with E-state index < -0.39 is 23.0 Å². The molecule has 0 saturated heterocycles. The highest BCUT2D eigenvalue weighted by Crippen LogP contribution is 2.16. The van der Waals surface area contributed by atoms with Gasteiger partial charge in [-0.3, -0.25) is 14.6 Å². The molecule has 1 heterocycles. The molecule has 0 aliphatic heterocycles. The van der Waals surface area contributed by atoms with Gasteiger partial charge in [-0.25, -0.2) is 4.39 Å². The third-order valence-corrected chi connectivity index (χ3v) is 3.73. The van der Waals surface area contributed by atoms with E-state index in [4.69, 9.17) is 0 Å². The zero-order valence-corrected chi connectivity index (χ0v) is 13.7. The third kappa shape index (κ3) is 4.38. The average Bonchev–Trinajstić information content (AvgIpc) is 2.59. The van der Waals surface area contributed by atoms with Gasteiger partial charge in [0.2, 0.25) is 11.8 Å². The molecule has 0 spiro atoms. The summed E-state index contributed by atoms with van der Waals surface area (Å²) in [5.41, 5.74) is -0.00192. The van der Waals surface area contributed by atoms with Gasteiger partial charge in [0, 0.05) is 31.0 Å². The Labute approximate surface area is 140 Å². The molecule has 1 aromatic heterocycles. The molecule has 0 radical (unpaired) electrons. The molecule has 2 aromatic rings. The van der Waals surface area contributed by atoms with Crippen molar-refractivity contribution < 1.29 is 14.0 Å². The van der Waals surface area contributed by atoms with Crippen LogP contribution in [0.25, 0.3) is 0 Å². The Morgan fingerprint density at radius 1 is 1.00 bits per heavy atom. The van der Waals surface area contributed by atoms with Crippen molar-refractivity contribution in [1.29, 1.82) is 0 Å². The molecule has 1 aromatic carbocycles. The molecule has 2 rings (SSSR count). The first kappa shape index (κ1) is 17.6. The summed E-state index contributed by atoms with van der Waals surface area (Å²) in [6.45, 7) is 3.41. The van der Waals surface area contributed by atoms with Crippen molar-refractivity contribution in [3.05, 3.63) is 65.7 Å². The van der Waals surface area contributed by atoms with Gasteiger partial charge in [-0.1, -0.05) is 18.2 Å². The lowest BCUT2D eigenvalue weighted by Crippen LogP contribution is -2.47. The predicted molar refractivity (Wildman–Crippen MR) is 88.1 cm³/mol. The number of nitrogens with one attached hydrogen (secondary N) is 2. The average molecular weight is 329 g/mol. The molecule has 0 fully saturated rings. The van der Waals surface area contributed by atoms with E-state index in [0.717, 1.165) is 5.56 Å². The molecule has 5 nitrogen and oxygen atoms in total. The number of hydrogen-bond acceptors (Lipinski definition) is 3. The number of carbonyl (C=O) groups is 2. The van der Waals surface area contributed by atoms with E-state index in [1.54, 1.807) is 42.7 Å². The second-order valence-corrected chi connectivity index (χ2v) is 5.94. The van der Waals surface area contributed by atoms with Crippen LogP contribution < -0.4 is 10.6 Å². The maximum atomic E-state index is 13.6. The maximum Gasteiger partial charge on any atom is 0.235 e. The van der Waals surface area contributed by atoms with Gasteiger partial charge in [-0.05, 0) is 37.6 Å². The molecule has 0 aliphatic rings. The van der Waals surface area contributed by atoms with Gasteiger partial charge in [-0.2, -0.15) is 0 Å². The van der Waals surface area contributed by atoms with Crippen molar-refractivity contribution >= 4 is 11.8 Å². The van der Waals surface area contributed by atoms with Crippen molar-refractivity contribution in [1.82, 2.24) is 15.6 Å². The smallest absolute Gasteiger partial charge is 0.235 e. The summed E-state index contributed by atoms with van der Waals surface area (Å²) < 4.78 is 13.6. The topological polar surface area (TPSA) is 71.1 Å². The van der Waals surface area contributed by atoms with Gasteiger partial charge < -0.3 is 10.6 Å². The number of halogens is 1. The first-order valence-electron chi connectivity index (χ1n) is 7.60. The standard InChI is InChI=1S/C18H20FN3O2/c1-18(2,16(23)21-11-13-7-9-20-10-8-13)17(24)22-12-14-5-3-4-6-15(14)19/h3-10H,11-12H2,1-2H3,(H,21,23)(H,22,24). The largest absolute Gasteiger partial charge is 0.351 e. The SMILES string of the molecule is CC(C)(C(=O)NCc1ccncc1)C(=O)NCc1ccccc1F. The van der Waals surface area contributed by atoms with E-state index in [9.17, 15) is 14.0 Å². The minimum Gasteiger partial charge on any atom is -0.351 e. The molecule has 0 bridgehead atoms. The molecule has 2 N–H and O–H groups in total. The van der Waals surface area contributed by atoms with Gasteiger partial charge in [-0.15, -0.1) is 0 Å². The van der Waals surface area contributed by atoms with Crippen molar-refractivity contribution in [2.24, 2.45) is 5.41 Å². The van der Waals surface area contributed by atoms with Gasteiger partial charge in [0.25, 0.3) is 0 Å². The fraction of sp³-hybridized carbons (Fsp3) is 0.278. The van der Waals surface area contributed by atoms with E-state index in [-0.39, 0.29) is 6.54 Å². The van der Waals surface area contributed by atoms with Crippen LogP contribution in [0.15, 0.2) is 48.8 Å². The third-order valence-electron chi connectivity index (χ3n) is 3.73. The molecule has 126 valence electrons. The Bertz CT molecular complexity index is 717. The summed E-state index contributed by atoms with van der Waals surface area (Å²) in [7, 11) is 0. The second-order valence-electron chi connectivity index (χ2n) is 5.94. The number of rotatable bonds is 6. The number of benzene rings is 1. The Morgan fingerprint density at radius 3 is 2.21 bits per heavy atom. The summed E-state index contributed by atoms with van der Waals surface area (Å²) in [5.74, 6) is -1.25. The molecular weight excluding hydrogens is 309 g/mol. The molecule has 24 heavy (non-hydrogen) atoms. The van der Waals surface area contributed by atoms with Gasteiger partial charge in [0.05, 0.1) is 0 Å². The van der Waals surface area contributed by atoms with Gasteiger partial charge in [0.1, 0.15) is 11.2 Å². The predicted octanol–water partition coefficient (Wildman–Crippen LogP) is 2.18. The first-order valence-corrected chi connectivity index (χ1v) is 7.60. The van der Waals surface area contributed by atoms with Crippen LogP contribution in [0.1, 0.15) is 25.0 Å². The van der Waals surface area contributed by atoms with E-state index in [1.807, 2.05) is 0 Å². The van der Waals surface area contributed by atoms with E-state index in [0.29, 0.717) is 12.1 Å². The number of carbonyl (C=O) groups excluding carboxylic acids is 2. The second kappa shape index (κ2) is 7.68. The van der Waals surface area contributed by atoms with E-state index >= 15 is 0 Å². The maximum absolute atomic E-state index is 13.6. The molecule has 0 atom stereocenters. The summed E-state index contributed by atoms with van der Waals surface area (Å²) in [6, 6.07) is 9.76. The fourth-order valence-electron chi connectivity index (χ4n) is 2.05. The van der Waals surface area contributed by atoms with Crippen LogP contribution in [0.2, 0.25) is 0 Å². The lowest BCUT2D eigenvalue weighted by Gasteiger charge is -2.23. The Morgan fingerprint density at radius 2 is 1.58 bits per heavy atom. The van der Waals surface area contributed by atoms with Crippen LogP contribution in [0, 0.1) is 11.2 Å². The zero-order chi connectivity index (χ0) is 17.6. The highest BCUT2D eigenvalue weighted by molar-refractivity contribution is 6.04. The quantitative estimate of drug-likeness (QED) is 0.798. The van der Waals surface area contributed by atoms with Crippen LogP contribution in [0.3, 0.4) is 0 Å². The summed E-state index contributed by atoms with van der Waals surface area (Å²) in [6.07, 6.45) is 3.27. The van der Waals surface area contributed by atoms with Gasteiger partial charge in [0.15, 0.2) is 0 Å². The lowest BCUT2D eigenvalue weighted by atomic mass is 9.91. The summed E-state index contributed by atoms with van der Waals surface area (Å²) >= 11 is 0. The Hall–Kier alpha value is -2.76. The molecule has 0 unspecified atom stereocenters. The summed E-state index contributed by atoms with van der Waals surface area (Å²) in [5, 5.41) is 5.34. The van der Waals surface area contributed by atoms with E-state index in [1.165, 1.54) is 19.9 Å². The minimum atomic E-state index is -1.27. The lowest BCUT2D eigenvalue weighted by molar-refractivity contribution is -0.141. The molecule has 2 amide bonds. The minimum absolute atomic E-state index is 0.0343. The number of aromatic nitrogens is 1.